The number of carbonyl (C=O) groups excluding carboxylic acids is 1. The molecule has 0 bridgehead atoms. The Hall–Kier alpha value is -4.77. The number of benzene rings is 2. The average molecular weight is 860 g/mol. The molecule has 330 valence electrons. The van der Waals surface area contributed by atoms with Crippen LogP contribution in [0.25, 0.3) is 22.3 Å². The molecule has 60 heavy (non-hydrogen) atoms. The van der Waals surface area contributed by atoms with Gasteiger partial charge in [-0.2, -0.15) is 0 Å². The molecular weight excluding hydrogens is 816 g/mol. The lowest BCUT2D eigenvalue weighted by molar-refractivity contribution is -0.353. The number of fused-ring (bicyclic) bond motifs is 1. The standard InChI is InChI=1S/C36H42O24/c37-8-19-24(45)27(48)29(50)34(57-19)55-16-2-1-11(3-15(16)41)32-18(6-13-14(40)4-12(39)5-17(13)54-32)56-36-31(52)33(26(47)21(59-36)10-53-23(44)7-22(42)43)60-35-30(51)28(49)25(46)20(9-38)58-35/h1-6,19-21,24-31,33-38,45-52H,7-10H2,(H3-,39,40,41,42,43)/p+1/t19-,20-,21-,24-,25-,26-,27+,28+,29-,30-,31-,33+,34-,35+,36-/m1/s1. The van der Waals surface area contributed by atoms with Gasteiger partial charge in [0.1, 0.15) is 103 Å². The summed E-state index contributed by atoms with van der Waals surface area (Å²) in [5.41, 5.74) is -0.212. The van der Waals surface area contributed by atoms with Gasteiger partial charge >= 0.3 is 23.3 Å². The molecule has 0 amide bonds. The van der Waals surface area contributed by atoms with E-state index in [1.54, 1.807) is 0 Å². The molecule has 0 spiro atoms. The molecule has 3 saturated heterocycles. The van der Waals surface area contributed by atoms with Gasteiger partial charge in [0.05, 0.1) is 24.8 Å². The van der Waals surface area contributed by atoms with Crippen LogP contribution in [-0.4, -0.2) is 195 Å². The van der Waals surface area contributed by atoms with Crippen molar-refractivity contribution in [1.29, 1.82) is 0 Å². The number of carboxylic acids is 1. The van der Waals surface area contributed by atoms with Crippen LogP contribution in [-0.2, 0) is 33.3 Å². The number of carboxylic acid groups (broad SMARTS) is 1. The van der Waals surface area contributed by atoms with Gasteiger partial charge in [-0.25, -0.2) is 4.42 Å². The second-order valence-electron chi connectivity index (χ2n) is 14.0. The first-order chi connectivity index (χ1) is 28.4. The average Bonchev–Trinajstić information content (AvgIpc) is 3.20. The molecule has 1 aromatic heterocycles. The van der Waals surface area contributed by atoms with Gasteiger partial charge in [-0.3, -0.25) is 9.59 Å². The normalized spacial score (nSPS) is 34.5. The number of aliphatic hydroxyl groups is 10. The third kappa shape index (κ3) is 9.26. The first-order valence-corrected chi connectivity index (χ1v) is 18.1. The van der Waals surface area contributed by atoms with Gasteiger partial charge in [-0.15, -0.1) is 0 Å². The molecule has 0 aliphatic carbocycles. The first-order valence-electron chi connectivity index (χ1n) is 18.1. The van der Waals surface area contributed by atoms with Crippen molar-refractivity contribution in [1.82, 2.24) is 0 Å². The van der Waals surface area contributed by atoms with E-state index in [1.807, 2.05) is 0 Å². The molecular formula is C36H43O24+. The minimum Gasteiger partial charge on any atom is -0.507 e. The van der Waals surface area contributed by atoms with Gasteiger partial charge in [0.15, 0.2) is 17.8 Å². The number of phenolic OH excluding ortho intramolecular Hbond substituents is 3. The SMILES string of the molecule is O=C(O)CC(=O)OC[C@H]1O[C@@H](Oc2cc3c(O)cc(O)cc3[o+]c2-c2ccc(O[C@@H]3O[C@H](CO)[C@@H](O)[C@H](O)[C@H]3O)c(O)c2)[C@H](O)[C@@H](O[C@@H]2O[C@H](CO)[C@@H](O)[C@H](O)[C@H]2O)[C@@H]1O. The van der Waals surface area contributed by atoms with Crippen LogP contribution in [0.5, 0.6) is 28.7 Å². The van der Waals surface area contributed by atoms with E-state index in [0.29, 0.717) is 0 Å². The maximum atomic E-state index is 12.1. The predicted molar refractivity (Wildman–Crippen MR) is 189 cm³/mol. The monoisotopic (exact) mass is 859 g/mol. The Morgan fingerprint density at radius 3 is 1.83 bits per heavy atom. The van der Waals surface area contributed by atoms with E-state index in [-0.39, 0.29) is 28.0 Å². The summed E-state index contributed by atoms with van der Waals surface area (Å²) in [6.45, 7) is -2.51. The van der Waals surface area contributed by atoms with Crippen molar-refractivity contribution >= 4 is 22.9 Å². The fourth-order valence-corrected chi connectivity index (χ4v) is 6.63. The third-order valence-corrected chi connectivity index (χ3v) is 9.86. The van der Waals surface area contributed by atoms with Crippen molar-refractivity contribution in [2.45, 2.75) is 98.5 Å². The summed E-state index contributed by atoms with van der Waals surface area (Å²) in [5.74, 6) is -5.52. The highest BCUT2D eigenvalue weighted by atomic mass is 16.7. The fraction of sp³-hybridized carbons (Fsp3) is 0.528. The summed E-state index contributed by atoms with van der Waals surface area (Å²) in [5, 5.41) is 145. The van der Waals surface area contributed by atoms with Crippen molar-refractivity contribution < 1.29 is 119 Å². The Bertz CT molecular complexity index is 1990. The summed E-state index contributed by atoms with van der Waals surface area (Å²) in [6, 6.07) is 6.64. The van der Waals surface area contributed by atoms with Crippen molar-refractivity contribution in [2.75, 3.05) is 19.8 Å². The summed E-state index contributed by atoms with van der Waals surface area (Å²) in [4.78, 5) is 23.2. The number of aliphatic hydroxyl groups excluding tert-OH is 10. The van der Waals surface area contributed by atoms with Gasteiger partial charge in [0, 0.05) is 18.2 Å². The fourth-order valence-electron chi connectivity index (χ4n) is 6.63. The highest BCUT2D eigenvalue weighted by molar-refractivity contribution is 5.90. The van der Waals surface area contributed by atoms with Crippen LogP contribution in [0.2, 0.25) is 0 Å². The van der Waals surface area contributed by atoms with Crippen LogP contribution in [0.4, 0.5) is 0 Å². The molecule has 2 aromatic carbocycles. The Morgan fingerprint density at radius 1 is 0.633 bits per heavy atom. The smallest absolute Gasteiger partial charge is 0.402 e. The molecule has 0 radical (unpaired) electrons. The van der Waals surface area contributed by atoms with E-state index < -0.39 is 153 Å². The summed E-state index contributed by atoms with van der Waals surface area (Å²) in [7, 11) is 0. The maximum absolute atomic E-state index is 12.1. The number of aliphatic carboxylic acids is 1. The van der Waals surface area contributed by atoms with Gasteiger partial charge in [-0.1, -0.05) is 0 Å². The molecule has 3 aliphatic heterocycles. The Labute approximate surface area is 336 Å². The third-order valence-electron chi connectivity index (χ3n) is 9.86. The van der Waals surface area contributed by atoms with Crippen LogP contribution in [0.15, 0.2) is 40.8 Å². The largest absolute Gasteiger partial charge is 0.507 e. The van der Waals surface area contributed by atoms with Crippen molar-refractivity contribution in [2.24, 2.45) is 0 Å². The highest BCUT2D eigenvalue weighted by Crippen LogP contribution is 2.43. The molecule has 3 aromatic rings. The Morgan fingerprint density at radius 2 is 1.22 bits per heavy atom. The topological polar surface area (TPSA) is 393 Å². The van der Waals surface area contributed by atoms with Crippen molar-refractivity contribution in [3.8, 4) is 40.1 Å². The lowest BCUT2D eigenvalue weighted by Crippen LogP contribution is -2.65. The second-order valence-corrected chi connectivity index (χ2v) is 14.0. The molecule has 3 aliphatic rings. The number of hydrogen-bond acceptors (Lipinski definition) is 22. The second kappa shape index (κ2) is 18.5. The first kappa shape index (κ1) is 44.8. The van der Waals surface area contributed by atoms with Crippen molar-refractivity contribution in [3.63, 3.8) is 0 Å². The number of esters is 1. The molecule has 0 saturated carbocycles. The van der Waals surface area contributed by atoms with Gasteiger partial charge in [0.25, 0.3) is 0 Å². The van der Waals surface area contributed by atoms with Crippen LogP contribution in [0.1, 0.15) is 6.42 Å². The molecule has 4 heterocycles. The van der Waals surface area contributed by atoms with E-state index in [2.05, 4.69) is 0 Å². The zero-order valence-electron chi connectivity index (χ0n) is 30.8. The molecule has 24 nitrogen and oxygen atoms in total. The molecule has 24 heteroatoms. The zero-order chi connectivity index (χ0) is 43.7. The molecule has 3 fully saturated rings. The molecule has 14 N–H and O–H groups in total. The quantitative estimate of drug-likeness (QED) is 0.0439. The van der Waals surface area contributed by atoms with Crippen LogP contribution in [0, 0.1) is 0 Å². The number of ether oxygens (including phenoxy) is 7. The minimum absolute atomic E-state index is 0.0491. The Kier molecular flexibility index (Phi) is 13.8. The lowest BCUT2D eigenvalue weighted by atomic mass is 9.97. The van der Waals surface area contributed by atoms with E-state index in [4.69, 9.17) is 42.7 Å². The highest BCUT2D eigenvalue weighted by Gasteiger charge is 2.52. The Balaban J connectivity index is 1.35. The summed E-state index contributed by atoms with van der Waals surface area (Å²) in [6.07, 6.45) is -28.4. The number of carbonyl (C=O) groups is 2. The van der Waals surface area contributed by atoms with Crippen LogP contribution in [0.3, 0.4) is 0 Å². The number of aromatic hydroxyl groups is 3. The summed E-state index contributed by atoms with van der Waals surface area (Å²) >= 11 is 0. The number of hydrogen-bond donors (Lipinski definition) is 14. The van der Waals surface area contributed by atoms with E-state index in [0.717, 1.165) is 30.3 Å². The van der Waals surface area contributed by atoms with E-state index >= 15 is 0 Å². The number of phenols is 3. The zero-order valence-corrected chi connectivity index (χ0v) is 30.8. The van der Waals surface area contributed by atoms with Gasteiger partial charge in [0.2, 0.25) is 18.3 Å². The number of rotatable bonds is 13. The van der Waals surface area contributed by atoms with E-state index in [9.17, 15) is 76.0 Å². The molecule has 15 atom stereocenters. The van der Waals surface area contributed by atoms with Gasteiger partial charge < -0.3 is 105 Å². The molecule has 6 rings (SSSR count). The summed E-state index contributed by atoms with van der Waals surface area (Å²) < 4.78 is 44.6. The lowest BCUT2D eigenvalue weighted by Gasteiger charge is -2.45. The van der Waals surface area contributed by atoms with Crippen molar-refractivity contribution in [3.05, 3.63) is 36.4 Å². The molecule has 0 unspecified atom stereocenters. The van der Waals surface area contributed by atoms with Crippen LogP contribution >= 0.6 is 0 Å². The maximum Gasteiger partial charge on any atom is 0.402 e. The minimum atomic E-state index is -2.11. The van der Waals surface area contributed by atoms with Crippen LogP contribution < -0.4 is 9.47 Å². The van der Waals surface area contributed by atoms with E-state index in [1.165, 1.54) is 6.07 Å². The van der Waals surface area contributed by atoms with Gasteiger partial charge in [-0.05, 0) is 12.1 Å². The predicted octanol–water partition coefficient (Wildman–Crippen LogP) is -4.30.